The number of hydrazone groups is 1. The van der Waals surface area contributed by atoms with Crippen molar-refractivity contribution in [2.75, 3.05) is 6.54 Å². The first-order chi connectivity index (χ1) is 9.10. The Hall–Kier alpha value is -1.39. The lowest BCUT2D eigenvalue weighted by Gasteiger charge is -2.25. The van der Waals surface area contributed by atoms with Crippen LogP contribution in [0.4, 0.5) is 0 Å². The molecule has 0 aliphatic carbocycles. The van der Waals surface area contributed by atoms with E-state index < -0.39 is 6.10 Å². The zero-order valence-corrected chi connectivity index (χ0v) is 11.6. The minimum Gasteiger partial charge on any atom is -0.391 e. The van der Waals surface area contributed by atoms with Crippen molar-refractivity contribution < 1.29 is 9.90 Å². The molecule has 5 heteroatoms. The highest BCUT2D eigenvalue weighted by Gasteiger charge is 2.22. The maximum Gasteiger partial charge on any atom is 0.243 e. The number of nitrogens with zero attached hydrogens (tertiary/aromatic N) is 2. The number of rotatable bonds is 4. The van der Waals surface area contributed by atoms with Crippen LogP contribution in [0, 0.1) is 0 Å². The summed E-state index contributed by atoms with van der Waals surface area (Å²) in [5.74, 6) is -0.0368. The van der Waals surface area contributed by atoms with Gasteiger partial charge in [-0.3, -0.25) is 4.79 Å². The molecule has 0 radical (unpaired) electrons. The Kier molecular flexibility index (Phi) is 4.56. The van der Waals surface area contributed by atoms with Gasteiger partial charge in [0, 0.05) is 17.9 Å². The number of hydrogen-bond acceptors (Lipinski definition) is 3. The number of β-amino-alcohol motifs (C(OH)–C–C–N with tert-alkyl or cyclic N) is 1. The quantitative estimate of drug-likeness (QED) is 0.921. The van der Waals surface area contributed by atoms with E-state index in [1.807, 2.05) is 19.1 Å². The van der Waals surface area contributed by atoms with Crippen molar-refractivity contribution in [3.05, 3.63) is 34.9 Å². The second kappa shape index (κ2) is 6.17. The number of benzene rings is 1. The number of aliphatic hydroxyl groups excluding tert-OH is 1. The summed E-state index contributed by atoms with van der Waals surface area (Å²) in [6.45, 7) is 2.13. The molecule has 1 atom stereocenters. The molecule has 1 amide bonds. The summed E-state index contributed by atoms with van der Waals surface area (Å²) in [6.07, 6.45) is 1.13. The average molecular weight is 281 g/mol. The molecule has 1 aromatic rings. The molecule has 1 aliphatic rings. The molecular formula is C14H17ClN2O2. The third-order valence-electron chi connectivity index (χ3n) is 3.14. The fraction of sp³-hybridized carbons (Fsp3) is 0.429. The van der Waals surface area contributed by atoms with Crippen molar-refractivity contribution in [2.24, 2.45) is 5.10 Å². The zero-order valence-electron chi connectivity index (χ0n) is 10.8. The van der Waals surface area contributed by atoms with Gasteiger partial charge in [0.1, 0.15) is 0 Å². The molecule has 0 aromatic heterocycles. The molecule has 0 unspecified atom stereocenters. The first-order valence-corrected chi connectivity index (χ1v) is 6.79. The molecule has 0 fully saturated rings. The van der Waals surface area contributed by atoms with Crippen LogP contribution in [0.2, 0.25) is 5.02 Å². The van der Waals surface area contributed by atoms with Crippen molar-refractivity contribution in [3.8, 4) is 0 Å². The third kappa shape index (κ3) is 3.55. The smallest absolute Gasteiger partial charge is 0.243 e. The summed E-state index contributed by atoms with van der Waals surface area (Å²) in [5.41, 5.74) is 1.83. The molecule has 4 nitrogen and oxygen atoms in total. The molecule has 19 heavy (non-hydrogen) atoms. The largest absolute Gasteiger partial charge is 0.391 e. The molecule has 1 heterocycles. The van der Waals surface area contributed by atoms with Crippen LogP contribution in [-0.2, 0) is 4.79 Å². The molecule has 0 spiro atoms. The number of carbonyl (C=O) groups is 1. The SMILES string of the molecule is CC[C@H](O)CN1N=C(c2ccc(Cl)cc2)CCC1=O. The van der Waals surface area contributed by atoms with E-state index in [1.165, 1.54) is 5.01 Å². The van der Waals surface area contributed by atoms with E-state index in [0.717, 1.165) is 11.3 Å². The molecule has 0 saturated carbocycles. The summed E-state index contributed by atoms with van der Waals surface area (Å²) in [7, 11) is 0. The van der Waals surface area contributed by atoms with Crippen LogP contribution in [-0.4, -0.2) is 34.4 Å². The molecule has 102 valence electrons. The second-order valence-corrected chi connectivity index (χ2v) is 5.03. The average Bonchev–Trinajstić information content (AvgIpc) is 2.42. The normalized spacial score (nSPS) is 17.3. The topological polar surface area (TPSA) is 52.9 Å². The maximum absolute atomic E-state index is 11.8. The summed E-state index contributed by atoms with van der Waals surface area (Å²) in [5, 5.41) is 16.0. The van der Waals surface area contributed by atoms with Crippen molar-refractivity contribution >= 4 is 23.2 Å². The number of carbonyl (C=O) groups excluding carboxylic acids is 1. The Morgan fingerprint density at radius 1 is 1.37 bits per heavy atom. The molecule has 1 N–H and O–H groups in total. The number of amides is 1. The summed E-state index contributed by atoms with van der Waals surface area (Å²) >= 11 is 5.85. The fourth-order valence-electron chi connectivity index (χ4n) is 1.92. The van der Waals surface area contributed by atoms with Gasteiger partial charge in [-0.15, -0.1) is 0 Å². The predicted molar refractivity (Wildman–Crippen MR) is 75.2 cm³/mol. The standard InChI is InChI=1S/C14H17ClN2O2/c1-2-12(18)9-17-14(19)8-7-13(16-17)10-3-5-11(15)6-4-10/h3-6,12,18H,2,7-9H2,1H3/t12-/m0/s1. The Morgan fingerprint density at radius 2 is 2.05 bits per heavy atom. The molecule has 0 saturated heterocycles. The van der Waals surface area contributed by atoms with Crippen LogP contribution in [0.5, 0.6) is 0 Å². The molecule has 1 aliphatic heterocycles. The van der Waals surface area contributed by atoms with Gasteiger partial charge in [0.2, 0.25) is 5.91 Å². The van der Waals surface area contributed by atoms with E-state index >= 15 is 0 Å². The predicted octanol–water partition coefficient (Wildman–Crippen LogP) is 2.44. The first-order valence-electron chi connectivity index (χ1n) is 6.42. The minimum absolute atomic E-state index is 0.0368. The Balaban J connectivity index is 2.18. The highest BCUT2D eigenvalue weighted by Crippen LogP contribution is 2.17. The second-order valence-electron chi connectivity index (χ2n) is 4.59. The van der Waals surface area contributed by atoms with Gasteiger partial charge >= 0.3 is 0 Å². The van der Waals surface area contributed by atoms with E-state index in [2.05, 4.69) is 5.10 Å². The fourth-order valence-corrected chi connectivity index (χ4v) is 2.05. The maximum atomic E-state index is 11.8. The van der Waals surface area contributed by atoms with Crippen LogP contribution < -0.4 is 0 Å². The number of halogens is 1. The molecule has 1 aromatic carbocycles. The van der Waals surface area contributed by atoms with Gasteiger partial charge in [0.15, 0.2) is 0 Å². The van der Waals surface area contributed by atoms with Crippen LogP contribution in [0.3, 0.4) is 0 Å². The van der Waals surface area contributed by atoms with Crippen LogP contribution in [0.15, 0.2) is 29.4 Å². The van der Waals surface area contributed by atoms with Gasteiger partial charge in [0.05, 0.1) is 18.4 Å². The monoisotopic (exact) mass is 280 g/mol. The highest BCUT2D eigenvalue weighted by molar-refractivity contribution is 6.30. The van der Waals surface area contributed by atoms with Gasteiger partial charge < -0.3 is 5.11 Å². The van der Waals surface area contributed by atoms with Crippen molar-refractivity contribution in [1.29, 1.82) is 0 Å². The van der Waals surface area contributed by atoms with Crippen molar-refractivity contribution in [3.63, 3.8) is 0 Å². The van der Waals surface area contributed by atoms with E-state index in [4.69, 9.17) is 11.6 Å². The van der Waals surface area contributed by atoms with Gasteiger partial charge in [-0.1, -0.05) is 30.7 Å². The zero-order chi connectivity index (χ0) is 13.8. The summed E-state index contributed by atoms with van der Waals surface area (Å²) in [4.78, 5) is 11.8. The Morgan fingerprint density at radius 3 is 2.68 bits per heavy atom. The van der Waals surface area contributed by atoms with Gasteiger partial charge in [0.25, 0.3) is 0 Å². The first kappa shape index (κ1) is 14.0. The summed E-state index contributed by atoms with van der Waals surface area (Å²) < 4.78 is 0. The lowest BCUT2D eigenvalue weighted by Crippen LogP contribution is -2.37. The van der Waals surface area contributed by atoms with Crippen LogP contribution in [0.1, 0.15) is 31.7 Å². The molecular weight excluding hydrogens is 264 g/mol. The third-order valence-corrected chi connectivity index (χ3v) is 3.39. The van der Waals surface area contributed by atoms with Crippen LogP contribution >= 0.6 is 11.6 Å². The highest BCUT2D eigenvalue weighted by atomic mass is 35.5. The van der Waals surface area contributed by atoms with Crippen molar-refractivity contribution in [1.82, 2.24) is 5.01 Å². The Labute approximate surface area is 117 Å². The lowest BCUT2D eigenvalue weighted by molar-refractivity contribution is -0.133. The van der Waals surface area contributed by atoms with Gasteiger partial charge in [-0.2, -0.15) is 5.10 Å². The van der Waals surface area contributed by atoms with Gasteiger partial charge in [-0.25, -0.2) is 5.01 Å². The number of hydrogen-bond donors (Lipinski definition) is 1. The Bertz CT molecular complexity index is 485. The van der Waals surface area contributed by atoms with Crippen LogP contribution in [0.25, 0.3) is 0 Å². The van der Waals surface area contributed by atoms with Crippen molar-refractivity contribution in [2.45, 2.75) is 32.3 Å². The lowest BCUT2D eigenvalue weighted by atomic mass is 10.0. The van der Waals surface area contributed by atoms with Gasteiger partial charge in [-0.05, 0) is 24.1 Å². The molecule has 2 rings (SSSR count). The van der Waals surface area contributed by atoms with E-state index in [0.29, 0.717) is 24.3 Å². The summed E-state index contributed by atoms with van der Waals surface area (Å²) in [6, 6.07) is 7.40. The minimum atomic E-state index is -0.530. The van der Waals surface area contributed by atoms with E-state index in [-0.39, 0.29) is 12.5 Å². The number of aliphatic hydroxyl groups is 1. The molecule has 0 bridgehead atoms. The van der Waals surface area contributed by atoms with E-state index in [1.54, 1.807) is 12.1 Å². The van der Waals surface area contributed by atoms with E-state index in [9.17, 15) is 9.90 Å².